The second kappa shape index (κ2) is 4.34. The zero-order valence-corrected chi connectivity index (χ0v) is 11.4. The molecule has 0 bridgehead atoms. The molecule has 0 amide bonds. The molecule has 1 aliphatic heterocycles. The van der Waals surface area contributed by atoms with E-state index >= 15 is 0 Å². The van der Waals surface area contributed by atoms with Crippen LogP contribution in [0.2, 0.25) is 5.02 Å². The SMILES string of the molecule is CC1(C)OC[C@H](c2cc(=O)oc3ccc(Cl)cc23)O1. The smallest absolute Gasteiger partial charge is 0.336 e. The van der Waals surface area contributed by atoms with Crippen molar-refractivity contribution >= 4 is 22.6 Å². The van der Waals surface area contributed by atoms with Gasteiger partial charge in [-0.3, -0.25) is 0 Å². The van der Waals surface area contributed by atoms with E-state index in [0.29, 0.717) is 17.2 Å². The van der Waals surface area contributed by atoms with Gasteiger partial charge in [-0.15, -0.1) is 0 Å². The van der Waals surface area contributed by atoms with Crippen LogP contribution < -0.4 is 5.63 Å². The molecule has 2 heterocycles. The predicted molar refractivity (Wildman–Crippen MR) is 71.4 cm³/mol. The van der Waals surface area contributed by atoms with Crippen molar-refractivity contribution in [1.29, 1.82) is 0 Å². The summed E-state index contributed by atoms with van der Waals surface area (Å²) in [6.07, 6.45) is -0.292. The molecule has 2 aromatic rings. The Kier molecular flexibility index (Phi) is 2.89. The van der Waals surface area contributed by atoms with Crippen molar-refractivity contribution in [3.8, 4) is 0 Å². The van der Waals surface area contributed by atoms with Crippen LogP contribution in [0, 0.1) is 0 Å². The van der Waals surface area contributed by atoms with Crippen molar-refractivity contribution in [2.75, 3.05) is 6.61 Å². The van der Waals surface area contributed by atoms with Crippen molar-refractivity contribution in [1.82, 2.24) is 0 Å². The predicted octanol–water partition coefficient (Wildman–Crippen LogP) is 3.27. The highest BCUT2D eigenvalue weighted by atomic mass is 35.5. The highest BCUT2D eigenvalue weighted by molar-refractivity contribution is 6.31. The van der Waals surface area contributed by atoms with Gasteiger partial charge in [0, 0.05) is 22.0 Å². The van der Waals surface area contributed by atoms with Gasteiger partial charge in [-0.25, -0.2) is 4.79 Å². The number of fused-ring (bicyclic) bond motifs is 1. The number of benzene rings is 1. The summed E-state index contributed by atoms with van der Waals surface area (Å²) in [4.78, 5) is 11.6. The minimum Gasteiger partial charge on any atom is -0.423 e. The Bertz CT molecular complexity index is 689. The number of halogens is 1. The second-order valence-corrected chi connectivity index (χ2v) is 5.42. The maximum absolute atomic E-state index is 11.6. The van der Waals surface area contributed by atoms with Gasteiger partial charge in [0.1, 0.15) is 11.7 Å². The molecule has 19 heavy (non-hydrogen) atoms. The molecule has 1 aliphatic rings. The molecule has 0 radical (unpaired) electrons. The maximum Gasteiger partial charge on any atom is 0.336 e. The number of rotatable bonds is 1. The molecule has 1 atom stereocenters. The van der Waals surface area contributed by atoms with E-state index in [9.17, 15) is 4.79 Å². The zero-order chi connectivity index (χ0) is 13.6. The van der Waals surface area contributed by atoms with Crippen molar-refractivity contribution < 1.29 is 13.9 Å². The van der Waals surface area contributed by atoms with Gasteiger partial charge in [0.15, 0.2) is 5.79 Å². The van der Waals surface area contributed by atoms with E-state index in [1.54, 1.807) is 18.2 Å². The Morgan fingerprint density at radius 2 is 2.11 bits per heavy atom. The maximum atomic E-state index is 11.6. The molecule has 3 rings (SSSR count). The molecule has 0 unspecified atom stereocenters. The summed E-state index contributed by atoms with van der Waals surface area (Å²) in [6.45, 7) is 4.08. The molecule has 1 fully saturated rings. The first-order valence-corrected chi connectivity index (χ1v) is 6.37. The number of hydrogen-bond acceptors (Lipinski definition) is 4. The summed E-state index contributed by atoms with van der Waals surface area (Å²) in [6, 6.07) is 6.58. The van der Waals surface area contributed by atoms with Gasteiger partial charge in [-0.2, -0.15) is 0 Å². The molecule has 1 saturated heterocycles. The van der Waals surface area contributed by atoms with Gasteiger partial charge in [0.05, 0.1) is 6.61 Å². The van der Waals surface area contributed by atoms with E-state index < -0.39 is 11.4 Å². The highest BCUT2D eigenvalue weighted by Crippen LogP contribution is 2.36. The van der Waals surface area contributed by atoms with Crippen LogP contribution in [-0.4, -0.2) is 12.4 Å². The van der Waals surface area contributed by atoms with Gasteiger partial charge >= 0.3 is 5.63 Å². The Labute approximate surface area is 114 Å². The summed E-state index contributed by atoms with van der Waals surface area (Å²) < 4.78 is 16.5. The third kappa shape index (κ3) is 2.39. The molecule has 4 nitrogen and oxygen atoms in total. The third-order valence-corrected chi connectivity index (χ3v) is 3.33. The average Bonchev–Trinajstić information content (AvgIpc) is 2.69. The van der Waals surface area contributed by atoms with Crippen LogP contribution in [-0.2, 0) is 9.47 Å². The van der Waals surface area contributed by atoms with E-state index in [4.69, 9.17) is 25.5 Å². The lowest BCUT2D eigenvalue weighted by Crippen LogP contribution is -2.19. The fourth-order valence-electron chi connectivity index (χ4n) is 2.27. The average molecular weight is 281 g/mol. The quantitative estimate of drug-likeness (QED) is 0.752. The lowest BCUT2D eigenvalue weighted by molar-refractivity contribution is -0.138. The van der Waals surface area contributed by atoms with Crippen molar-refractivity contribution in [2.45, 2.75) is 25.7 Å². The third-order valence-electron chi connectivity index (χ3n) is 3.09. The highest BCUT2D eigenvalue weighted by Gasteiger charge is 2.34. The normalized spacial score (nSPS) is 21.9. The van der Waals surface area contributed by atoms with Gasteiger partial charge in [0.2, 0.25) is 0 Å². The second-order valence-electron chi connectivity index (χ2n) is 4.98. The van der Waals surface area contributed by atoms with Gasteiger partial charge in [-0.05, 0) is 32.0 Å². The van der Waals surface area contributed by atoms with Gasteiger partial charge < -0.3 is 13.9 Å². The zero-order valence-electron chi connectivity index (χ0n) is 10.6. The minimum atomic E-state index is -0.647. The van der Waals surface area contributed by atoms with Crippen LogP contribution in [0.15, 0.2) is 33.5 Å². The molecule has 0 saturated carbocycles. The van der Waals surface area contributed by atoms with Crippen molar-refractivity contribution in [2.24, 2.45) is 0 Å². The lowest BCUT2D eigenvalue weighted by atomic mass is 10.1. The molecule has 100 valence electrons. The summed E-state index contributed by atoms with van der Waals surface area (Å²) in [5.41, 5.74) is 0.845. The topological polar surface area (TPSA) is 48.7 Å². The molecular weight excluding hydrogens is 268 g/mol. The summed E-state index contributed by atoms with van der Waals surface area (Å²) >= 11 is 6.00. The molecule has 5 heteroatoms. The fraction of sp³-hybridized carbons (Fsp3) is 0.357. The Balaban J connectivity index is 2.17. The molecular formula is C14H13ClO4. The molecule has 0 N–H and O–H groups in total. The first-order valence-electron chi connectivity index (χ1n) is 6.00. The Morgan fingerprint density at radius 3 is 2.79 bits per heavy atom. The van der Waals surface area contributed by atoms with Gasteiger partial charge in [-0.1, -0.05) is 11.6 Å². The summed E-state index contributed by atoms with van der Waals surface area (Å²) in [5.74, 6) is -0.647. The minimum absolute atomic E-state index is 0.292. The van der Waals surface area contributed by atoms with E-state index in [-0.39, 0.29) is 6.10 Å². The van der Waals surface area contributed by atoms with Crippen LogP contribution in [0.5, 0.6) is 0 Å². The fourth-order valence-corrected chi connectivity index (χ4v) is 2.44. The van der Waals surface area contributed by atoms with Crippen molar-refractivity contribution in [3.05, 3.63) is 45.3 Å². The van der Waals surface area contributed by atoms with Crippen LogP contribution >= 0.6 is 11.6 Å². The van der Waals surface area contributed by atoms with Crippen molar-refractivity contribution in [3.63, 3.8) is 0 Å². The van der Waals surface area contributed by atoms with E-state index in [2.05, 4.69) is 0 Å². The Morgan fingerprint density at radius 1 is 1.32 bits per heavy atom. The van der Waals surface area contributed by atoms with Crippen LogP contribution in [0.4, 0.5) is 0 Å². The van der Waals surface area contributed by atoms with Crippen LogP contribution in [0.1, 0.15) is 25.5 Å². The summed E-state index contributed by atoms with van der Waals surface area (Å²) in [7, 11) is 0. The van der Waals surface area contributed by atoms with E-state index in [0.717, 1.165) is 10.9 Å². The Hall–Kier alpha value is -1.36. The molecule has 0 spiro atoms. The van der Waals surface area contributed by atoms with Gasteiger partial charge in [0.25, 0.3) is 0 Å². The molecule has 0 aliphatic carbocycles. The monoisotopic (exact) mass is 280 g/mol. The number of hydrogen-bond donors (Lipinski definition) is 0. The number of ether oxygens (including phenoxy) is 2. The van der Waals surface area contributed by atoms with Crippen LogP contribution in [0.3, 0.4) is 0 Å². The van der Waals surface area contributed by atoms with E-state index in [1.807, 2.05) is 13.8 Å². The largest absolute Gasteiger partial charge is 0.423 e. The molecule has 1 aromatic carbocycles. The summed E-state index contributed by atoms with van der Waals surface area (Å²) in [5, 5.41) is 1.36. The van der Waals surface area contributed by atoms with E-state index in [1.165, 1.54) is 6.07 Å². The van der Waals surface area contributed by atoms with Crippen LogP contribution in [0.25, 0.3) is 11.0 Å². The standard InChI is InChI=1S/C14H13ClO4/c1-14(2)17-7-12(19-14)10-6-13(16)18-11-4-3-8(15)5-9(10)11/h3-6,12H,7H2,1-2H3/t12-/m1/s1. The first-order chi connectivity index (χ1) is 8.94. The first kappa shape index (κ1) is 12.7. The lowest BCUT2D eigenvalue weighted by Gasteiger charge is -2.17. The molecule has 1 aromatic heterocycles.